The van der Waals surface area contributed by atoms with Crippen LogP contribution in [0.2, 0.25) is 0 Å². The summed E-state index contributed by atoms with van der Waals surface area (Å²) in [7, 11) is 1.51. The second kappa shape index (κ2) is 4.72. The first-order valence-electron chi connectivity index (χ1n) is 3.12. The third-order valence-electron chi connectivity index (χ3n) is 1.00. The molecule has 0 atom stereocenters. The van der Waals surface area contributed by atoms with Gasteiger partial charge in [-0.25, -0.2) is 4.79 Å². The molecule has 0 spiro atoms. The van der Waals surface area contributed by atoms with Crippen LogP contribution in [0, 0.1) is 5.53 Å². The highest BCUT2D eigenvalue weighted by molar-refractivity contribution is 5.73. The zero-order valence-corrected chi connectivity index (χ0v) is 6.22. The molecule has 0 aliphatic rings. The predicted molar refractivity (Wildman–Crippen MR) is 36.6 cm³/mol. The zero-order valence-electron chi connectivity index (χ0n) is 6.22. The number of hydrogen-bond acceptors (Lipinski definition) is 3. The van der Waals surface area contributed by atoms with E-state index in [1.165, 1.54) is 7.05 Å². The van der Waals surface area contributed by atoms with Crippen molar-refractivity contribution in [2.75, 3.05) is 13.6 Å². The van der Waals surface area contributed by atoms with Gasteiger partial charge in [0.15, 0.2) is 0 Å². The van der Waals surface area contributed by atoms with Crippen LogP contribution in [0.1, 0.15) is 13.3 Å². The van der Waals surface area contributed by atoms with E-state index in [1.807, 2.05) is 6.92 Å². The molecule has 10 heavy (non-hydrogen) atoms. The average Bonchev–Trinajstić information content (AvgIpc) is 1.99. The van der Waals surface area contributed by atoms with Crippen molar-refractivity contribution in [3.63, 3.8) is 0 Å². The molecule has 0 saturated carbocycles. The van der Waals surface area contributed by atoms with Gasteiger partial charge in [0.05, 0.1) is 0 Å². The van der Waals surface area contributed by atoms with Gasteiger partial charge in [0.2, 0.25) is 0 Å². The van der Waals surface area contributed by atoms with Crippen LogP contribution in [-0.2, 0) is 0 Å². The van der Waals surface area contributed by atoms with E-state index in [9.17, 15) is 4.79 Å². The van der Waals surface area contributed by atoms with Gasteiger partial charge in [0.25, 0.3) is 0 Å². The Morgan fingerprint density at radius 3 is 2.70 bits per heavy atom. The van der Waals surface area contributed by atoms with Crippen LogP contribution in [0.4, 0.5) is 4.79 Å². The molecular weight excluding hydrogens is 132 g/mol. The molecule has 0 aromatic rings. The molecule has 0 aliphatic carbocycles. The molecule has 0 unspecified atom stereocenters. The van der Waals surface area contributed by atoms with Crippen LogP contribution < -0.4 is 5.32 Å². The maximum atomic E-state index is 10.7. The summed E-state index contributed by atoms with van der Waals surface area (Å²) < 4.78 is 0. The van der Waals surface area contributed by atoms with Gasteiger partial charge in [-0.15, -0.1) is 0 Å². The SMILES string of the molecule is CCCN(N=N)C(=O)NC. The molecule has 0 aliphatic heterocycles. The van der Waals surface area contributed by atoms with Gasteiger partial charge >= 0.3 is 6.03 Å². The Morgan fingerprint density at radius 2 is 2.40 bits per heavy atom. The quantitative estimate of drug-likeness (QED) is 0.450. The number of nitrogens with zero attached hydrogens (tertiary/aromatic N) is 2. The van der Waals surface area contributed by atoms with E-state index < -0.39 is 0 Å². The molecular formula is C5H12N4O. The molecule has 0 radical (unpaired) electrons. The minimum Gasteiger partial charge on any atom is -0.340 e. The van der Waals surface area contributed by atoms with E-state index in [4.69, 9.17) is 5.53 Å². The fourth-order valence-corrected chi connectivity index (χ4v) is 0.538. The van der Waals surface area contributed by atoms with Gasteiger partial charge in [0.1, 0.15) is 0 Å². The Morgan fingerprint density at radius 1 is 1.80 bits per heavy atom. The lowest BCUT2D eigenvalue weighted by Crippen LogP contribution is -2.34. The molecule has 0 saturated heterocycles. The van der Waals surface area contributed by atoms with Crippen molar-refractivity contribution in [1.82, 2.24) is 10.3 Å². The number of hydrogen-bond donors (Lipinski definition) is 2. The smallest absolute Gasteiger partial charge is 0.338 e. The number of urea groups is 1. The highest BCUT2D eigenvalue weighted by Gasteiger charge is 2.06. The van der Waals surface area contributed by atoms with E-state index in [0.29, 0.717) is 6.54 Å². The molecule has 0 bridgehead atoms. The molecule has 0 fully saturated rings. The lowest BCUT2D eigenvalue weighted by molar-refractivity contribution is 0.196. The Kier molecular flexibility index (Phi) is 4.19. The molecule has 5 heteroatoms. The highest BCUT2D eigenvalue weighted by Crippen LogP contribution is 1.91. The Bertz CT molecular complexity index is 125. The minimum atomic E-state index is -0.336. The zero-order chi connectivity index (χ0) is 7.98. The summed E-state index contributed by atoms with van der Waals surface area (Å²) in [4.78, 5) is 10.7. The molecule has 2 amide bonds. The molecule has 58 valence electrons. The van der Waals surface area contributed by atoms with E-state index in [2.05, 4.69) is 10.5 Å². The third kappa shape index (κ3) is 2.43. The first-order chi connectivity index (χ1) is 4.76. The monoisotopic (exact) mass is 144 g/mol. The van der Waals surface area contributed by atoms with Crippen molar-refractivity contribution >= 4 is 6.03 Å². The van der Waals surface area contributed by atoms with Gasteiger partial charge < -0.3 is 5.32 Å². The number of carbonyl (C=O) groups is 1. The van der Waals surface area contributed by atoms with Crippen molar-refractivity contribution in [3.05, 3.63) is 0 Å². The van der Waals surface area contributed by atoms with Gasteiger partial charge in [-0.05, 0) is 6.42 Å². The summed E-state index contributed by atoms with van der Waals surface area (Å²) in [5.41, 5.74) is 6.59. The average molecular weight is 144 g/mol. The largest absolute Gasteiger partial charge is 0.340 e. The summed E-state index contributed by atoms with van der Waals surface area (Å²) in [6.07, 6.45) is 0.801. The first-order valence-corrected chi connectivity index (χ1v) is 3.12. The van der Waals surface area contributed by atoms with Crippen molar-refractivity contribution in [3.8, 4) is 0 Å². The number of amides is 2. The van der Waals surface area contributed by atoms with E-state index in [-0.39, 0.29) is 6.03 Å². The summed E-state index contributed by atoms with van der Waals surface area (Å²) in [6.45, 7) is 2.41. The van der Waals surface area contributed by atoms with Gasteiger partial charge in [-0.2, -0.15) is 10.5 Å². The van der Waals surface area contributed by atoms with Gasteiger partial charge in [-0.3, -0.25) is 0 Å². The Labute approximate surface area is 59.9 Å². The van der Waals surface area contributed by atoms with Crippen LogP contribution in [0.3, 0.4) is 0 Å². The minimum absolute atomic E-state index is 0.336. The molecule has 0 aromatic heterocycles. The molecule has 0 heterocycles. The standard InChI is InChI=1S/C5H12N4O/c1-3-4-9(8-6)5(10)7-2/h6H,3-4H2,1-2H3,(H,7,10). The van der Waals surface area contributed by atoms with Gasteiger partial charge in [-0.1, -0.05) is 12.1 Å². The van der Waals surface area contributed by atoms with Crippen molar-refractivity contribution in [2.45, 2.75) is 13.3 Å². The van der Waals surface area contributed by atoms with Crippen molar-refractivity contribution in [2.24, 2.45) is 5.22 Å². The number of nitrogens with one attached hydrogen (secondary N) is 2. The number of carbonyl (C=O) groups excluding carboxylic acids is 1. The lowest BCUT2D eigenvalue weighted by atomic mass is 10.5. The third-order valence-corrected chi connectivity index (χ3v) is 1.00. The van der Waals surface area contributed by atoms with Crippen LogP contribution in [0.25, 0.3) is 0 Å². The van der Waals surface area contributed by atoms with E-state index >= 15 is 0 Å². The van der Waals surface area contributed by atoms with Crippen LogP contribution >= 0.6 is 0 Å². The Hall–Kier alpha value is -1.13. The lowest BCUT2D eigenvalue weighted by Gasteiger charge is -2.11. The van der Waals surface area contributed by atoms with Crippen LogP contribution in [0.15, 0.2) is 5.22 Å². The van der Waals surface area contributed by atoms with Gasteiger partial charge in [0, 0.05) is 13.6 Å². The summed E-state index contributed by atoms with van der Waals surface area (Å²) >= 11 is 0. The predicted octanol–water partition coefficient (Wildman–Crippen LogP) is 0.984. The summed E-state index contributed by atoms with van der Waals surface area (Å²) in [5.74, 6) is 0. The second-order valence-electron chi connectivity index (χ2n) is 1.78. The van der Waals surface area contributed by atoms with E-state index in [1.54, 1.807) is 0 Å². The second-order valence-corrected chi connectivity index (χ2v) is 1.78. The highest BCUT2D eigenvalue weighted by atomic mass is 16.2. The molecule has 0 rings (SSSR count). The fraction of sp³-hybridized carbons (Fsp3) is 0.800. The molecule has 0 aromatic carbocycles. The van der Waals surface area contributed by atoms with Crippen LogP contribution in [-0.4, -0.2) is 24.6 Å². The van der Waals surface area contributed by atoms with Crippen LogP contribution in [0.5, 0.6) is 0 Å². The van der Waals surface area contributed by atoms with Crippen molar-refractivity contribution in [1.29, 1.82) is 5.53 Å². The maximum absolute atomic E-state index is 10.7. The summed E-state index contributed by atoms with van der Waals surface area (Å²) in [5, 5.41) is 6.46. The number of rotatable bonds is 3. The first kappa shape index (κ1) is 8.87. The fourth-order valence-electron chi connectivity index (χ4n) is 0.538. The Balaban J connectivity index is 3.80. The summed E-state index contributed by atoms with van der Waals surface area (Å²) in [6, 6.07) is -0.336. The maximum Gasteiger partial charge on any atom is 0.338 e. The van der Waals surface area contributed by atoms with Crippen molar-refractivity contribution < 1.29 is 4.79 Å². The topological polar surface area (TPSA) is 68.5 Å². The molecule has 2 N–H and O–H groups in total. The van der Waals surface area contributed by atoms with E-state index in [0.717, 1.165) is 11.4 Å². The molecule has 5 nitrogen and oxygen atoms in total. The normalized spacial score (nSPS) is 8.60.